The van der Waals surface area contributed by atoms with Crippen molar-refractivity contribution in [1.29, 1.82) is 0 Å². The molecule has 1 aromatic rings. The van der Waals surface area contributed by atoms with Crippen LogP contribution in [0.5, 0.6) is 0 Å². The van der Waals surface area contributed by atoms with Gasteiger partial charge in [0.25, 0.3) is 0 Å². The van der Waals surface area contributed by atoms with Gasteiger partial charge in [0.15, 0.2) is 0 Å². The summed E-state index contributed by atoms with van der Waals surface area (Å²) in [5.41, 5.74) is 0. The number of nitrogens with one attached hydrogen (secondary N) is 2. The van der Waals surface area contributed by atoms with Crippen molar-refractivity contribution < 1.29 is 13.2 Å². The lowest BCUT2D eigenvalue weighted by Gasteiger charge is -2.31. The van der Waals surface area contributed by atoms with Crippen LogP contribution in [0.2, 0.25) is 0 Å². The largest absolute Gasteiger partial charge is 0.355 e. The quantitative estimate of drug-likeness (QED) is 0.732. The molecule has 0 saturated carbocycles. The van der Waals surface area contributed by atoms with E-state index in [2.05, 4.69) is 15.5 Å². The fraction of sp³-hybridized carbons (Fsp3) is 0.611. The Labute approximate surface area is 155 Å². The van der Waals surface area contributed by atoms with Gasteiger partial charge in [0, 0.05) is 52.4 Å². The van der Waals surface area contributed by atoms with E-state index in [4.69, 9.17) is 0 Å². The van der Waals surface area contributed by atoms with Gasteiger partial charge in [0.05, 0.1) is 10.8 Å². The molecule has 3 rings (SSSR count). The summed E-state index contributed by atoms with van der Waals surface area (Å²) >= 11 is 0. The molecule has 7 nitrogen and oxygen atoms in total. The van der Waals surface area contributed by atoms with E-state index in [0.29, 0.717) is 24.4 Å². The highest BCUT2D eigenvalue weighted by Gasteiger charge is 2.33. The van der Waals surface area contributed by atoms with Gasteiger partial charge in [0.2, 0.25) is 15.9 Å². The average Bonchev–Trinajstić information content (AvgIpc) is 2.69. The molecule has 8 heteroatoms. The van der Waals surface area contributed by atoms with Crippen LogP contribution >= 0.6 is 0 Å². The number of rotatable bonds is 6. The summed E-state index contributed by atoms with van der Waals surface area (Å²) in [7, 11) is -3.53. The normalized spacial score (nSPS) is 22.8. The van der Waals surface area contributed by atoms with Gasteiger partial charge in [-0.3, -0.25) is 9.69 Å². The van der Waals surface area contributed by atoms with E-state index in [9.17, 15) is 13.2 Å². The molecule has 0 aliphatic carbocycles. The maximum Gasteiger partial charge on any atom is 0.243 e. The van der Waals surface area contributed by atoms with Gasteiger partial charge in [-0.25, -0.2) is 8.42 Å². The maximum atomic E-state index is 12.8. The Kier molecular flexibility index (Phi) is 6.63. The molecule has 1 aromatic carbocycles. The van der Waals surface area contributed by atoms with Crippen molar-refractivity contribution in [2.75, 3.05) is 52.4 Å². The van der Waals surface area contributed by atoms with Crippen LogP contribution in [-0.2, 0) is 14.8 Å². The van der Waals surface area contributed by atoms with Crippen molar-refractivity contribution in [2.24, 2.45) is 5.92 Å². The number of amides is 1. The number of piperazine rings is 1. The van der Waals surface area contributed by atoms with Crippen LogP contribution < -0.4 is 10.6 Å². The SMILES string of the molecule is O=C(NCCN1CCNCC1)C1CCCN(S(=O)(=O)c2ccccc2)C1. The van der Waals surface area contributed by atoms with E-state index in [-0.39, 0.29) is 18.4 Å². The van der Waals surface area contributed by atoms with Crippen LogP contribution in [0.4, 0.5) is 0 Å². The topological polar surface area (TPSA) is 81.8 Å². The second kappa shape index (κ2) is 8.94. The van der Waals surface area contributed by atoms with Crippen LogP contribution in [0.3, 0.4) is 0 Å². The Bertz CT molecular complexity index is 690. The van der Waals surface area contributed by atoms with Crippen molar-refractivity contribution in [3.63, 3.8) is 0 Å². The second-order valence-electron chi connectivity index (χ2n) is 6.90. The molecule has 144 valence electrons. The molecular weight excluding hydrogens is 352 g/mol. The Balaban J connectivity index is 1.52. The first-order chi connectivity index (χ1) is 12.6. The molecule has 0 radical (unpaired) electrons. The number of sulfonamides is 1. The monoisotopic (exact) mass is 380 g/mol. The molecule has 2 saturated heterocycles. The van der Waals surface area contributed by atoms with E-state index < -0.39 is 10.0 Å². The lowest BCUT2D eigenvalue weighted by molar-refractivity contribution is -0.126. The standard InChI is InChI=1S/C18H28N4O3S/c23-18(20-10-14-21-12-8-19-9-13-21)16-5-4-11-22(15-16)26(24,25)17-6-2-1-3-7-17/h1-3,6-7,16,19H,4-5,8-15H2,(H,20,23). The number of hydrogen-bond donors (Lipinski definition) is 2. The predicted octanol–water partition coefficient (Wildman–Crippen LogP) is 0.109. The van der Waals surface area contributed by atoms with Gasteiger partial charge < -0.3 is 10.6 Å². The van der Waals surface area contributed by atoms with Gasteiger partial charge >= 0.3 is 0 Å². The molecule has 0 aromatic heterocycles. The van der Waals surface area contributed by atoms with Crippen LogP contribution in [-0.4, -0.2) is 75.9 Å². The van der Waals surface area contributed by atoms with Gasteiger partial charge in [0.1, 0.15) is 0 Å². The summed E-state index contributed by atoms with van der Waals surface area (Å²) in [6, 6.07) is 8.44. The minimum atomic E-state index is -3.53. The zero-order chi connectivity index (χ0) is 18.4. The number of carbonyl (C=O) groups excluding carboxylic acids is 1. The van der Waals surface area contributed by atoms with Crippen molar-refractivity contribution in [3.05, 3.63) is 30.3 Å². The van der Waals surface area contributed by atoms with Gasteiger partial charge in [-0.15, -0.1) is 0 Å². The molecular formula is C18H28N4O3S. The van der Waals surface area contributed by atoms with Crippen molar-refractivity contribution >= 4 is 15.9 Å². The highest BCUT2D eigenvalue weighted by Crippen LogP contribution is 2.23. The first-order valence-electron chi connectivity index (χ1n) is 9.33. The molecule has 1 unspecified atom stereocenters. The summed E-state index contributed by atoms with van der Waals surface area (Å²) in [6.45, 7) is 6.17. The molecule has 26 heavy (non-hydrogen) atoms. The summed E-state index contributed by atoms with van der Waals surface area (Å²) in [5.74, 6) is -0.307. The number of piperidine rings is 1. The van der Waals surface area contributed by atoms with Crippen LogP contribution in [0, 0.1) is 5.92 Å². The lowest BCUT2D eigenvalue weighted by Crippen LogP contribution is -2.48. The third-order valence-corrected chi connectivity index (χ3v) is 6.95. The smallest absolute Gasteiger partial charge is 0.243 e. The van der Waals surface area contributed by atoms with Crippen LogP contribution in [0.15, 0.2) is 35.2 Å². The fourth-order valence-corrected chi connectivity index (χ4v) is 5.08. The average molecular weight is 381 g/mol. The molecule has 2 N–H and O–H groups in total. The first kappa shape index (κ1) is 19.3. The highest BCUT2D eigenvalue weighted by atomic mass is 32.2. The van der Waals surface area contributed by atoms with Gasteiger partial charge in [-0.2, -0.15) is 4.31 Å². The van der Waals surface area contributed by atoms with Crippen LogP contribution in [0.25, 0.3) is 0 Å². The molecule has 2 aliphatic rings. The van der Waals surface area contributed by atoms with E-state index in [1.165, 1.54) is 4.31 Å². The van der Waals surface area contributed by atoms with Gasteiger partial charge in [-0.05, 0) is 25.0 Å². The van der Waals surface area contributed by atoms with Gasteiger partial charge in [-0.1, -0.05) is 18.2 Å². The zero-order valence-corrected chi connectivity index (χ0v) is 15.9. The third-order valence-electron chi connectivity index (χ3n) is 5.07. The Hall–Kier alpha value is -1.48. The minimum absolute atomic E-state index is 0.0342. The van der Waals surface area contributed by atoms with Crippen molar-refractivity contribution in [2.45, 2.75) is 17.7 Å². The van der Waals surface area contributed by atoms with E-state index in [1.54, 1.807) is 30.3 Å². The Morgan fingerprint density at radius 3 is 2.62 bits per heavy atom. The molecule has 2 heterocycles. The number of nitrogens with zero attached hydrogens (tertiary/aromatic N) is 2. The Morgan fingerprint density at radius 2 is 1.88 bits per heavy atom. The molecule has 2 aliphatic heterocycles. The summed E-state index contributed by atoms with van der Waals surface area (Å²) in [5, 5.41) is 6.30. The Morgan fingerprint density at radius 1 is 1.15 bits per heavy atom. The lowest BCUT2D eigenvalue weighted by atomic mass is 9.99. The molecule has 0 bridgehead atoms. The molecule has 1 atom stereocenters. The van der Waals surface area contributed by atoms with E-state index in [0.717, 1.165) is 39.1 Å². The third kappa shape index (κ3) is 4.82. The number of carbonyl (C=O) groups is 1. The zero-order valence-electron chi connectivity index (χ0n) is 15.1. The van der Waals surface area contributed by atoms with Crippen molar-refractivity contribution in [1.82, 2.24) is 19.8 Å². The summed E-state index contributed by atoms with van der Waals surface area (Å²) in [6.07, 6.45) is 1.45. The highest BCUT2D eigenvalue weighted by molar-refractivity contribution is 7.89. The fourth-order valence-electron chi connectivity index (χ4n) is 3.53. The first-order valence-corrected chi connectivity index (χ1v) is 10.8. The van der Waals surface area contributed by atoms with Crippen molar-refractivity contribution in [3.8, 4) is 0 Å². The van der Waals surface area contributed by atoms with E-state index in [1.807, 2.05) is 0 Å². The summed E-state index contributed by atoms with van der Waals surface area (Å²) in [4.78, 5) is 15.1. The maximum absolute atomic E-state index is 12.8. The number of hydrogen-bond acceptors (Lipinski definition) is 5. The molecule has 1 amide bonds. The van der Waals surface area contributed by atoms with E-state index >= 15 is 0 Å². The molecule has 2 fully saturated rings. The summed E-state index contributed by atoms with van der Waals surface area (Å²) < 4.78 is 27.0. The predicted molar refractivity (Wildman–Crippen MR) is 100 cm³/mol. The minimum Gasteiger partial charge on any atom is -0.355 e. The van der Waals surface area contributed by atoms with Crippen LogP contribution in [0.1, 0.15) is 12.8 Å². The molecule has 0 spiro atoms. The number of benzene rings is 1. The second-order valence-corrected chi connectivity index (χ2v) is 8.84.